The maximum Gasteiger partial charge on any atom is 0.322 e. The summed E-state index contributed by atoms with van der Waals surface area (Å²) < 4.78 is 0. The van der Waals surface area contributed by atoms with Crippen molar-refractivity contribution in [3.8, 4) is 0 Å². The molecule has 1 aliphatic carbocycles. The molecule has 1 aliphatic rings. The second-order valence-electron chi connectivity index (χ2n) is 3.87. The van der Waals surface area contributed by atoms with E-state index in [0.717, 1.165) is 19.1 Å². The molecule has 5 heteroatoms. The quantitative estimate of drug-likeness (QED) is 0.784. The third-order valence-electron chi connectivity index (χ3n) is 2.57. The topological polar surface area (TPSA) is 62.3 Å². The zero-order chi connectivity index (χ0) is 11.5. The van der Waals surface area contributed by atoms with Crippen molar-refractivity contribution in [2.45, 2.75) is 18.9 Å². The number of pyridine rings is 1. The van der Waals surface area contributed by atoms with E-state index in [9.17, 15) is 9.59 Å². The average molecular weight is 219 g/mol. The number of amides is 2. The van der Waals surface area contributed by atoms with Crippen LogP contribution in [0.1, 0.15) is 23.2 Å². The highest BCUT2D eigenvalue weighted by Gasteiger charge is 2.29. The number of aldehydes is 1. The van der Waals surface area contributed by atoms with Gasteiger partial charge < -0.3 is 4.90 Å². The van der Waals surface area contributed by atoms with Gasteiger partial charge in [-0.25, -0.2) is 9.78 Å². The number of hydrogen-bond donors (Lipinski definition) is 1. The summed E-state index contributed by atoms with van der Waals surface area (Å²) in [5, 5.41) is 2.67. The molecule has 0 aromatic carbocycles. The number of hydrogen-bond acceptors (Lipinski definition) is 3. The highest BCUT2D eigenvalue weighted by atomic mass is 16.2. The van der Waals surface area contributed by atoms with Crippen molar-refractivity contribution in [2.75, 3.05) is 12.4 Å². The fourth-order valence-corrected chi connectivity index (χ4v) is 1.37. The zero-order valence-corrected chi connectivity index (χ0v) is 9.01. The molecule has 1 fully saturated rings. The van der Waals surface area contributed by atoms with Crippen molar-refractivity contribution in [1.29, 1.82) is 0 Å². The molecule has 1 saturated carbocycles. The van der Waals surface area contributed by atoms with Crippen LogP contribution in [0.4, 0.5) is 10.6 Å². The van der Waals surface area contributed by atoms with Crippen LogP contribution < -0.4 is 5.32 Å². The van der Waals surface area contributed by atoms with Crippen molar-refractivity contribution in [3.05, 3.63) is 23.9 Å². The van der Waals surface area contributed by atoms with Gasteiger partial charge in [-0.3, -0.25) is 10.1 Å². The molecule has 0 radical (unpaired) electrons. The second-order valence-corrected chi connectivity index (χ2v) is 3.87. The van der Waals surface area contributed by atoms with Crippen molar-refractivity contribution >= 4 is 18.1 Å². The molecule has 0 aliphatic heterocycles. The van der Waals surface area contributed by atoms with E-state index in [1.54, 1.807) is 24.1 Å². The first-order valence-electron chi connectivity index (χ1n) is 5.16. The lowest BCUT2D eigenvalue weighted by Crippen LogP contribution is -2.33. The predicted molar refractivity (Wildman–Crippen MR) is 59.4 cm³/mol. The molecule has 0 spiro atoms. The monoisotopic (exact) mass is 219 g/mol. The molecule has 5 nitrogen and oxygen atoms in total. The van der Waals surface area contributed by atoms with Gasteiger partial charge in [0.2, 0.25) is 0 Å². The van der Waals surface area contributed by atoms with Gasteiger partial charge in [-0.05, 0) is 25.0 Å². The van der Waals surface area contributed by atoms with E-state index in [2.05, 4.69) is 10.3 Å². The Hall–Kier alpha value is -1.91. The normalized spacial score (nSPS) is 14.3. The van der Waals surface area contributed by atoms with Gasteiger partial charge in [0.1, 0.15) is 5.82 Å². The fraction of sp³-hybridized carbons (Fsp3) is 0.364. The number of nitrogens with one attached hydrogen (secondary N) is 1. The summed E-state index contributed by atoms with van der Waals surface area (Å²) in [6.45, 7) is 0. The van der Waals surface area contributed by atoms with Crippen LogP contribution in [0.15, 0.2) is 18.3 Å². The van der Waals surface area contributed by atoms with Crippen LogP contribution in [0.3, 0.4) is 0 Å². The van der Waals surface area contributed by atoms with E-state index in [4.69, 9.17) is 0 Å². The number of nitrogens with zero attached hydrogens (tertiary/aromatic N) is 2. The number of carbonyl (C=O) groups is 2. The summed E-state index contributed by atoms with van der Waals surface area (Å²) in [4.78, 5) is 27.7. The lowest BCUT2D eigenvalue weighted by molar-refractivity contribution is 0.112. The second kappa shape index (κ2) is 4.30. The summed E-state index contributed by atoms with van der Waals surface area (Å²) in [6.07, 6.45) is 4.29. The van der Waals surface area contributed by atoms with Crippen LogP contribution in [0.2, 0.25) is 0 Å². The lowest BCUT2D eigenvalue weighted by Gasteiger charge is -2.16. The first-order chi connectivity index (χ1) is 7.70. The number of urea groups is 1. The van der Waals surface area contributed by atoms with Crippen molar-refractivity contribution in [2.24, 2.45) is 0 Å². The Labute approximate surface area is 93.5 Å². The van der Waals surface area contributed by atoms with Crippen molar-refractivity contribution in [1.82, 2.24) is 9.88 Å². The number of aromatic nitrogens is 1. The molecule has 16 heavy (non-hydrogen) atoms. The van der Waals surface area contributed by atoms with E-state index >= 15 is 0 Å². The Kier molecular flexibility index (Phi) is 2.85. The van der Waals surface area contributed by atoms with Crippen LogP contribution in [-0.4, -0.2) is 35.3 Å². The zero-order valence-electron chi connectivity index (χ0n) is 9.01. The minimum Gasteiger partial charge on any atom is -0.325 e. The van der Waals surface area contributed by atoms with E-state index < -0.39 is 0 Å². The lowest BCUT2D eigenvalue weighted by atomic mass is 10.3. The van der Waals surface area contributed by atoms with Gasteiger partial charge in [-0.1, -0.05) is 0 Å². The smallest absolute Gasteiger partial charge is 0.322 e. The molecule has 0 atom stereocenters. The third-order valence-corrected chi connectivity index (χ3v) is 2.57. The molecule has 0 unspecified atom stereocenters. The van der Waals surface area contributed by atoms with Crippen LogP contribution >= 0.6 is 0 Å². The molecule has 0 saturated heterocycles. The Bertz CT molecular complexity index is 398. The summed E-state index contributed by atoms with van der Waals surface area (Å²) in [7, 11) is 1.77. The summed E-state index contributed by atoms with van der Waals surface area (Å²) in [6, 6.07) is 3.44. The Morgan fingerprint density at radius 3 is 2.81 bits per heavy atom. The first-order valence-corrected chi connectivity index (χ1v) is 5.16. The average Bonchev–Trinajstić information content (AvgIpc) is 3.13. The van der Waals surface area contributed by atoms with Crippen LogP contribution in [-0.2, 0) is 0 Å². The van der Waals surface area contributed by atoms with Gasteiger partial charge in [0, 0.05) is 24.8 Å². The van der Waals surface area contributed by atoms with E-state index in [0.29, 0.717) is 17.4 Å². The standard InChI is InChI=1S/C11H13N3O2/c1-14(9-3-4-9)11(16)13-10-5-2-8(7-15)6-12-10/h2,5-7,9H,3-4H2,1H3,(H,12,13,16). The van der Waals surface area contributed by atoms with Crippen molar-refractivity contribution < 1.29 is 9.59 Å². The number of carbonyl (C=O) groups excluding carboxylic acids is 2. The Morgan fingerprint density at radius 2 is 2.31 bits per heavy atom. The van der Waals surface area contributed by atoms with Crippen LogP contribution in [0.5, 0.6) is 0 Å². The Balaban J connectivity index is 1.97. The molecule has 1 aromatic heterocycles. The molecular weight excluding hydrogens is 206 g/mol. The van der Waals surface area contributed by atoms with Gasteiger partial charge in [0.15, 0.2) is 6.29 Å². The molecule has 2 amide bonds. The minimum absolute atomic E-state index is 0.158. The van der Waals surface area contributed by atoms with Crippen LogP contribution in [0.25, 0.3) is 0 Å². The number of rotatable bonds is 3. The SMILES string of the molecule is CN(C(=O)Nc1ccc(C=O)cn1)C1CC1. The van der Waals surface area contributed by atoms with E-state index in [1.165, 1.54) is 6.20 Å². The van der Waals surface area contributed by atoms with Gasteiger partial charge in [-0.2, -0.15) is 0 Å². The van der Waals surface area contributed by atoms with Gasteiger partial charge >= 0.3 is 6.03 Å². The molecular formula is C11H13N3O2. The third kappa shape index (κ3) is 2.36. The maximum atomic E-state index is 11.7. The molecule has 0 bridgehead atoms. The molecule has 2 rings (SSSR count). The first kappa shape index (κ1) is 10.6. The molecule has 1 N–H and O–H groups in total. The van der Waals surface area contributed by atoms with E-state index in [-0.39, 0.29) is 6.03 Å². The summed E-state index contributed by atoms with van der Waals surface area (Å²) in [5.41, 5.74) is 0.494. The van der Waals surface area contributed by atoms with Gasteiger partial charge in [-0.15, -0.1) is 0 Å². The Morgan fingerprint density at radius 1 is 1.56 bits per heavy atom. The summed E-state index contributed by atoms with van der Waals surface area (Å²) >= 11 is 0. The van der Waals surface area contributed by atoms with Gasteiger partial charge in [0.25, 0.3) is 0 Å². The van der Waals surface area contributed by atoms with Crippen molar-refractivity contribution in [3.63, 3.8) is 0 Å². The van der Waals surface area contributed by atoms with E-state index in [1.807, 2.05) is 0 Å². The minimum atomic E-state index is -0.158. The molecule has 1 aromatic rings. The predicted octanol–water partition coefficient (Wildman–Crippen LogP) is 1.52. The highest BCUT2D eigenvalue weighted by Crippen LogP contribution is 2.25. The maximum absolute atomic E-state index is 11.7. The largest absolute Gasteiger partial charge is 0.325 e. The molecule has 1 heterocycles. The van der Waals surface area contributed by atoms with Crippen LogP contribution in [0, 0.1) is 0 Å². The van der Waals surface area contributed by atoms with Gasteiger partial charge in [0.05, 0.1) is 0 Å². The summed E-state index contributed by atoms with van der Waals surface area (Å²) in [5.74, 6) is 0.461. The fourth-order valence-electron chi connectivity index (χ4n) is 1.37. The number of anilines is 1. The molecule has 84 valence electrons. The highest BCUT2D eigenvalue weighted by molar-refractivity contribution is 5.88.